The van der Waals surface area contributed by atoms with Crippen molar-refractivity contribution >= 4 is 18.5 Å². The molecule has 0 aromatic heterocycles. The van der Waals surface area contributed by atoms with Crippen LogP contribution >= 0.6 is 0 Å². The Hall–Kier alpha value is -0.522. The van der Waals surface area contributed by atoms with Crippen molar-refractivity contribution in [2.45, 2.75) is 6.18 Å². The fourth-order valence-corrected chi connectivity index (χ4v) is 1.39. The van der Waals surface area contributed by atoms with Crippen LogP contribution < -0.4 is 0 Å². The van der Waals surface area contributed by atoms with Crippen molar-refractivity contribution < 1.29 is 38.6 Å². The van der Waals surface area contributed by atoms with Crippen molar-refractivity contribution in [3.63, 3.8) is 0 Å². The fourth-order valence-electron chi connectivity index (χ4n) is 1.19. The average molecular weight is 434 g/mol. The van der Waals surface area contributed by atoms with Crippen LogP contribution in [0.4, 0.5) is 17.6 Å². The summed E-state index contributed by atoms with van der Waals surface area (Å²) in [5, 5.41) is 0. The molecule has 0 fully saturated rings. The number of rotatable bonds is 1. The van der Waals surface area contributed by atoms with Gasteiger partial charge in [0.1, 0.15) is 5.82 Å². The van der Waals surface area contributed by atoms with Gasteiger partial charge in [0.15, 0.2) is 0 Å². The van der Waals surface area contributed by atoms with Gasteiger partial charge in [-0.25, -0.2) is 4.39 Å². The van der Waals surface area contributed by atoms with E-state index in [0.29, 0.717) is 17.3 Å². The van der Waals surface area contributed by atoms with Gasteiger partial charge in [-0.1, -0.05) is 6.07 Å². The molecule has 0 aliphatic carbocycles. The van der Waals surface area contributed by atoms with E-state index in [2.05, 4.69) is 12.8 Å². The first-order chi connectivity index (χ1) is 6.89. The molecule has 92 valence electrons. The summed E-state index contributed by atoms with van der Waals surface area (Å²) < 4.78 is 50.9. The maximum atomic E-state index is 13.1. The molecule has 8 heteroatoms. The van der Waals surface area contributed by atoms with E-state index in [1.54, 1.807) is 0 Å². The molecule has 0 saturated carbocycles. The van der Waals surface area contributed by atoms with Crippen molar-refractivity contribution in [1.82, 2.24) is 4.31 Å². The van der Waals surface area contributed by atoms with E-state index in [1.807, 2.05) is 0 Å². The van der Waals surface area contributed by atoms with Gasteiger partial charge in [0.05, 0.1) is 5.56 Å². The molecular formula is C9H6F4N2SW. The van der Waals surface area contributed by atoms with Gasteiger partial charge in [-0.15, -0.1) is 0 Å². The zero-order valence-electron chi connectivity index (χ0n) is 8.16. The smallest absolute Gasteiger partial charge is 0.693 e. The van der Waals surface area contributed by atoms with Crippen LogP contribution in [-0.4, -0.2) is 4.31 Å². The minimum absolute atomic E-state index is 0. The quantitative estimate of drug-likeness (QED) is 0.500. The van der Waals surface area contributed by atoms with Crippen LogP contribution in [-0.2, 0) is 40.1 Å². The number of alkyl halides is 3. The second-order valence-corrected chi connectivity index (χ2v) is 3.43. The van der Waals surface area contributed by atoms with E-state index < -0.39 is 17.6 Å². The van der Waals surface area contributed by atoms with Gasteiger partial charge in [0, 0.05) is 17.5 Å². The van der Waals surface area contributed by atoms with E-state index in [1.165, 1.54) is 16.6 Å². The van der Waals surface area contributed by atoms with Crippen LogP contribution in [0.5, 0.6) is 0 Å². The van der Waals surface area contributed by atoms with Crippen molar-refractivity contribution in [2.75, 3.05) is 0 Å². The molecule has 1 aliphatic rings. The van der Waals surface area contributed by atoms with Crippen molar-refractivity contribution in [3.8, 4) is 0 Å². The van der Waals surface area contributed by atoms with Crippen molar-refractivity contribution in [1.29, 1.82) is 0 Å². The monoisotopic (exact) mass is 434 g/mol. The molecule has 0 atom stereocenters. The predicted molar refractivity (Wildman–Crippen MR) is 53.9 cm³/mol. The molecule has 2 rings (SSSR count). The molecule has 0 saturated heterocycles. The molecule has 0 radical (unpaired) electrons. The van der Waals surface area contributed by atoms with E-state index in [0.717, 1.165) is 6.07 Å². The molecule has 1 heterocycles. The molecule has 1 aromatic rings. The molecule has 2 nitrogen and oxygen atoms in total. The van der Waals surface area contributed by atoms with Gasteiger partial charge in [-0.05, 0) is 12.1 Å². The summed E-state index contributed by atoms with van der Waals surface area (Å²) in [4.78, 5) is 0. The van der Waals surface area contributed by atoms with Crippen LogP contribution in [0.1, 0.15) is 11.1 Å². The Morgan fingerprint density at radius 3 is 2.06 bits per heavy atom. The van der Waals surface area contributed by atoms with Gasteiger partial charge in [-0.2, -0.15) is 13.2 Å². The first-order valence-corrected chi connectivity index (χ1v) is 4.31. The standard InChI is InChI=1S/C9H4F4NS.H2N.W/c10-7-3-5(8-4-14(8)15)1-2-6(7)9(11,12)13;;/h1-4H;1H2;/q2*-1;+2. The van der Waals surface area contributed by atoms with Gasteiger partial charge >= 0.3 is 27.2 Å². The SMILES string of the molecule is Fc1cc(C2=CN2[S-])ccc1C(F)(F)F.[NH2-].[W+2]. The largest absolute Gasteiger partial charge is 2.00 e. The minimum atomic E-state index is -4.66. The van der Waals surface area contributed by atoms with Gasteiger partial charge < -0.3 is 23.3 Å². The third-order valence-corrected chi connectivity index (χ3v) is 2.28. The minimum Gasteiger partial charge on any atom is -0.693 e. The number of nitrogens with zero attached hydrogens (tertiary/aromatic N) is 1. The molecule has 0 bridgehead atoms. The van der Waals surface area contributed by atoms with Gasteiger partial charge in [0.2, 0.25) is 0 Å². The first-order valence-electron chi connectivity index (χ1n) is 3.95. The normalized spacial score (nSPS) is 13.5. The molecule has 17 heavy (non-hydrogen) atoms. The summed E-state index contributed by atoms with van der Waals surface area (Å²) in [5.74, 6) is -1.28. The van der Waals surface area contributed by atoms with Crippen LogP contribution in [0.2, 0.25) is 0 Å². The van der Waals surface area contributed by atoms with Crippen molar-refractivity contribution in [3.05, 3.63) is 47.5 Å². The number of nitrogens with two attached hydrogens (primary N) is 1. The maximum Gasteiger partial charge on any atom is 2.00 e. The fraction of sp³-hybridized carbons (Fsp3) is 0.111. The number of hydrogen-bond acceptors (Lipinski definition) is 2. The van der Waals surface area contributed by atoms with Crippen LogP contribution in [0.3, 0.4) is 0 Å². The molecule has 0 unspecified atom stereocenters. The molecule has 0 spiro atoms. The third kappa shape index (κ3) is 3.47. The second kappa shape index (κ2) is 5.41. The predicted octanol–water partition coefficient (Wildman–Crippen LogP) is 3.64. The second-order valence-electron chi connectivity index (χ2n) is 3.03. The van der Waals surface area contributed by atoms with Gasteiger partial charge in [0.25, 0.3) is 0 Å². The molecule has 0 amide bonds. The Labute approximate surface area is 115 Å². The Bertz CT molecular complexity index is 447. The summed E-state index contributed by atoms with van der Waals surface area (Å²) in [6.07, 6.45) is -3.13. The summed E-state index contributed by atoms with van der Waals surface area (Å²) in [5.41, 5.74) is -0.350. The summed E-state index contributed by atoms with van der Waals surface area (Å²) in [6.45, 7) is 0. The van der Waals surface area contributed by atoms with Crippen LogP contribution in [0.25, 0.3) is 11.8 Å². The summed E-state index contributed by atoms with van der Waals surface area (Å²) in [7, 11) is 0. The molecular weight excluding hydrogens is 428 g/mol. The van der Waals surface area contributed by atoms with E-state index in [9.17, 15) is 17.6 Å². The maximum absolute atomic E-state index is 13.1. The number of halogens is 4. The third-order valence-electron chi connectivity index (χ3n) is 1.98. The average Bonchev–Trinajstić information content (AvgIpc) is 2.80. The Kier molecular flexibility index (Phi) is 5.25. The van der Waals surface area contributed by atoms with Crippen molar-refractivity contribution in [2.24, 2.45) is 0 Å². The number of hydrogen-bond donors (Lipinski definition) is 0. The summed E-state index contributed by atoms with van der Waals surface area (Å²) >= 11 is 4.68. The first kappa shape index (κ1) is 16.5. The van der Waals surface area contributed by atoms with Crippen LogP contribution in [0, 0.1) is 5.82 Å². The zero-order chi connectivity index (χ0) is 11.2. The Balaban J connectivity index is 0.00000128. The van der Waals surface area contributed by atoms with E-state index in [-0.39, 0.29) is 27.2 Å². The molecule has 1 aromatic carbocycles. The topological polar surface area (TPSA) is 36.5 Å². The summed E-state index contributed by atoms with van der Waals surface area (Å²) in [6, 6.07) is 2.75. The van der Waals surface area contributed by atoms with E-state index in [4.69, 9.17) is 0 Å². The number of benzene rings is 1. The Morgan fingerprint density at radius 1 is 1.18 bits per heavy atom. The van der Waals surface area contributed by atoms with Crippen LogP contribution in [0.15, 0.2) is 24.4 Å². The molecule has 1 aliphatic heterocycles. The van der Waals surface area contributed by atoms with E-state index >= 15 is 0 Å². The Morgan fingerprint density at radius 2 is 1.71 bits per heavy atom. The van der Waals surface area contributed by atoms with Gasteiger partial charge in [-0.3, -0.25) is 0 Å². The zero-order valence-corrected chi connectivity index (χ0v) is 11.9. The molecule has 2 N–H and O–H groups in total.